The number of methoxy groups -OCH3 is 1. The summed E-state index contributed by atoms with van der Waals surface area (Å²) in [5, 5.41) is 3.11. The summed E-state index contributed by atoms with van der Waals surface area (Å²) in [6.45, 7) is 0.268. The van der Waals surface area contributed by atoms with Gasteiger partial charge in [-0.1, -0.05) is 19.3 Å². The lowest BCUT2D eigenvalue weighted by atomic mass is 9.94. The molecule has 1 N–H and O–H groups in total. The van der Waals surface area contributed by atoms with Crippen molar-refractivity contribution in [2.75, 3.05) is 26.0 Å². The molecule has 1 aliphatic rings. The second-order valence-corrected chi connectivity index (χ2v) is 5.72. The zero-order valence-corrected chi connectivity index (χ0v) is 13.3. The van der Waals surface area contributed by atoms with Crippen molar-refractivity contribution < 1.29 is 14.3 Å². The summed E-state index contributed by atoms with van der Waals surface area (Å²) in [4.78, 5) is 25.4. The number of rotatable bonds is 5. The van der Waals surface area contributed by atoms with Crippen LogP contribution in [0.1, 0.15) is 42.5 Å². The monoisotopic (exact) mass is 304 g/mol. The number of likely N-dealkylation sites (N-methyl/N-ethyl adjacent to an activating group) is 1. The van der Waals surface area contributed by atoms with Gasteiger partial charge in [0.1, 0.15) is 0 Å². The minimum Gasteiger partial charge on any atom is -0.465 e. The van der Waals surface area contributed by atoms with Crippen LogP contribution in [-0.2, 0) is 9.53 Å². The van der Waals surface area contributed by atoms with E-state index in [0.29, 0.717) is 11.6 Å². The van der Waals surface area contributed by atoms with Gasteiger partial charge in [-0.3, -0.25) is 4.79 Å². The van der Waals surface area contributed by atoms with Gasteiger partial charge < -0.3 is 15.0 Å². The topological polar surface area (TPSA) is 58.6 Å². The number of carbonyl (C=O) groups is 2. The summed E-state index contributed by atoms with van der Waals surface area (Å²) in [6.07, 6.45) is 5.92. The standard InChI is InChI=1S/C17H24N2O3/c1-19(15-6-4-3-5-7-15)16(20)12-18-14-10-8-13(9-11-14)17(21)22-2/h8-11,15,18H,3-7,12H2,1-2H3. The lowest BCUT2D eigenvalue weighted by Crippen LogP contribution is -2.41. The summed E-state index contributed by atoms with van der Waals surface area (Å²) in [5.74, 6) is -0.261. The van der Waals surface area contributed by atoms with Gasteiger partial charge >= 0.3 is 5.97 Å². The molecular weight excluding hydrogens is 280 g/mol. The fraction of sp³-hybridized carbons (Fsp3) is 0.529. The number of benzene rings is 1. The zero-order chi connectivity index (χ0) is 15.9. The molecule has 0 atom stereocenters. The van der Waals surface area contributed by atoms with Gasteiger partial charge in [-0.2, -0.15) is 0 Å². The summed E-state index contributed by atoms with van der Waals surface area (Å²) in [6, 6.07) is 7.30. The molecule has 0 aliphatic heterocycles. The van der Waals surface area contributed by atoms with E-state index in [1.807, 2.05) is 11.9 Å². The van der Waals surface area contributed by atoms with Crippen molar-refractivity contribution in [3.05, 3.63) is 29.8 Å². The van der Waals surface area contributed by atoms with E-state index >= 15 is 0 Å². The van der Waals surface area contributed by atoms with Crippen LogP contribution in [0.3, 0.4) is 0 Å². The Bertz CT molecular complexity index is 507. The molecule has 0 spiro atoms. The molecule has 1 amide bonds. The van der Waals surface area contributed by atoms with E-state index in [2.05, 4.69) is 10.1 Å². The highest BCUT2D eigenvalue weighted by molar-refractivity contribution is 5.89. The molecule has 1 saturated carbocycles. The third-order valence-electron chi connectivity index (χ3n) is 4.27. The summed E-state index contributed by atoms with van der Waals surface area (Å²) in [7, 11) is 3.24. The summed E-state index contributed by atoms with van der Waals surface area (Å²) < 4.78 is 4.65. The molecule has 1 fully saturated rings. The van der Waals surface area contributed by atoms with Crippen LogP contribution in [0.5, 0.6) is 0 Å². The predicted molar refractivity (Wildman–Crippen MR) is 85.9 cm³/mol. The van der Waals surface area contributed by atoms with Crippen LogP contribution in [0.25, 0.3) is 0 Å². The van der Waals surface area contributed by atoms with E-state index in [-0.39, 0.29) is 18.4 Å². The molecule has 5 nitrogen and oxygen atoms in total. The van der Waals surface area contributed by atoms with Crippen molar-refractivity contribution in [3.63, 3.8) is 0 Å². The maximum Gasteiger partial charge on any atom is 0.337 e. The van der Waals surface area contributed by atoms with Crippen molar-refractivity contribution in [1.29, 1.82) is 0 Å². The van der Waals surface area contributed by atoms with Crippen LogP contribution in [0, 0.1) is 0 Å². The van der Waals surface area contributed by atoms with Gasteiger partial charge in [0.15, 0.2) is 0 Å². The number of nitrogens with zero attached hydrogens (tertiary/aromatic N) is 1. The quantitative estimate of drug-likeness (QED) is 0.850. The van der Waals surface area contributed by atoms with Crippen LogP contribution in [-0.4, -0.2) is 43.5 Å². The minimum absolute atomic E-state index is 0.101. The first-order valence-electron chi connectivity index (χ1n) is 7.79. The van der Waals surface area contributed by atoms with E-state index in [1.54, 1.807) is 24.3 Å². The molecule has 0 saturated heterocycles. The lowest BCUT2D eigenvalue weighted by Gasteiger charge is -2.31. The Labute approximate surface area is 131 Å². The Balaban J connectivity index is 1.83. The van der Waals surface area contributed by atoms with Gasteiger partial charge in [0.25, 0.3) is 0 Å². The van der Waals surface area contributed by atoms with Gasteiger partial charge in [0.05, 0.1) is 19.2 Å². The van der Waals surface area contributed by atoms with Crippen LogP contribution in [0.4, 0.5) is 5.69 Å². The van der Waals surface area contributed by atoms with Crippen LogP contribution < -0.4 is 5.32 Å². The van der Waals surface area contributed by atoms with Crippen LogP contribution in [0.15, 0.2) is 24.3 Å². The molecule has 22 heavy (non-hydrogen) atoms. The Morgan fingerprint density at radius 3 is 2.41 bits per heavy atom. The first-order valence-corrected chi connectivity index (χ1v) is 7.79. The van der Waals surface area contributed by atoms with Crippen molar-refractivity contribution in [1.82, 2.24) is 4.90 Å². The Kier molecular flexibility index (Phi) is 5.81. The minimum atomic E-state index is -0.361. The second-order valence-electron chi connectivity index (χ2n) is 5.72. The number of amides is 1. The molecule has 0 radical (unpaired) electrons. The number of ether oxygens (including phenoxy) is 1. The molecule has 2 rings (SSSR count). The fourth-order valence-electron chi connectivity index (χ4n) is 2.82. The number of hydrogen-bond acceptors (Lipinski definition) is 4. The average molecular weight is 304 g/mol. The highest BCUT2D eigenvalue weighted by atomic mass is 16.5. The first kappa shape index (κ1) is 16.3. The second kappa shape index (κ2) is 7.82. The third kappa shape index (κ3) is 4.23. The van der Waals surface area contributed by atoms with Crippen molar-refractivity contribution >= 4 is 17.6 Å². The summed E-state index contributed by atoms with van der Waals surface area (Å²) >= 11 is 0. The first-order chi connectivity index (χ1) is 10.6. The normalized spacial score (nSPS) is 15.2. The number of hydrogen-bond donors (Lipinski definition) is 1. The molecule has 1 aromatic rings. The van der Waals surface area contributed by atoms with E-state index in [4.69, 9.17) is 0 Å². The average Bonchev–Trinajstić information content (AvgIpc) is 2.59. The number of carbonyl (C=O) groups excluding carboxylic acids is 2. The van der Waals surface area contributed by atoms with E-state index in [1.165, 1.54) is 26.4 Å². The Morgan fingerprint density at radius 2 is 1.82 bits per heavy atom. The smallest absolute Gasteiger partial charge is 0.337 e. The molecule has 0 bridgehead atoms. The van der Waals surface area contributed by atoms with Crippen molar-refractivity contribution in [2.45, 2.75) is 38.1 Å². The largest absolute Gasteiger partial charge is 0.465 e. The van der Waals surface area contributed by atoms with Crippen LogP contribution >= 0.6 is 0 Å². The molecule has 0 unspecified atom stereocenters. The SMILES string of the molecule is COC(=O)c1ccc(NCC(=O)N(C)C2CCCCC2)cc1. The highest BCUT2D eigenvalue weighted by Crippen LogP contribution is 2.21. The van der Waals surface area contributed by atoms with Crippen LogP contribution in [0.2, 0.25) is 0 Å². The Hall–Kier alpha value is -2.04. The third-order valence-corrected chi connectivity index (χ3v) is 4.27. The van der Waals surface area contributed by atoms with E-state index in [0.717, 1.165) is 18.5 Å². The predicted octanol–water partition coefficient (Wildman–Crippen LogP) is 2.68. The van der Waals surface area contributed by atoms with Gasteiger partial charge in [-0.05, 0) is 37.1 Å². The maximum atomic E-state index is 12.2. The molecular formula is C17H24N2O3. The van der Waals surface area contributed by atoms with E-state index < -0.39 is 0 Å². The van der Waals surface area contributed by atoms with Gasteiger partial charge in [-0.15, -0.1) is 0 Å². The summed E-state index contributed by atoms with van der Waals surface area (Å²) in [5.41, 5.74) is 1.32. The maximum absolute atomic E-state index is 12.2. The Morgan fingerprint density at radius 1 is 1.18 bits per heavy atom. The van der Waals surface area contributed by atoms with E-state index in [9.17, 15) is 9.59 Å². The van der Waals surface area contributed by atoms with Gasteiger partial charge in [0.2, 0.25) is 5.91 Å². The van der Waals surface area contributed by atoms with Crippen molar-refractivity contribution in [2.24, 2.45) is 0 Å². The molecule has 1 aromatic carbocycles. The molecule has 5 heteroatoms. The molecule has 1 aliphatic carbocycles. The molecule has 0 heterocycles. The highest BCUT2D eigenvalue weighted by Gasteiger charge is 2.21. The number of esters is 1. The number of nitrogens with one attached hydrogen (secondary N) is 1. The lowest BCUT2D eigenvalue weighted by molar-refractivity contribution is -0.130. The molecule has 0 aromatic heterocycles. The van der Waals surface area contributed by atoms with Gasteiger partial charge in [0, 0.05) is 18.8 Å². The molecule has 120 valence electrons. The van der Waals surface area contributed by atoms with Gasteiger partial charge in [-0.25, -0.2) is 4.79 Å². The zero-order valence-electron chi connectivity index (χ0n) is 13.3. The fourth-order valence-corrected chi connectivity index (χ4v) is 2.82. The number of anilines is 1. The van der Waals surface area contributed by atoms with Crippen molar-refractivity contribution in [3.8, 4) is 0 Å².